The largest absolute Gasteiger partial charge is 0.389 e. The number of aryl methyl sites for hydroxylation is 2. The Kier molecular flexibility index (Phi) is 2.92. The predicted octanol–water partition coefficient (Wildman–Crippen LogP) is 1.57. The molecule has 1 aromatic rings. The zero-order valence-corrected chi connectivity index (χ0v) is 11.7. The fourth-order valence-corrected chi connectivity index (χ4v) is 3.78. The summed E-state index contributed by atoms with van der Waals surface area (Å²) in [6, 6.07) is 0.948. The van der Waals surface area contributed by atoms with Gasteiger partial charge in [-0.15, -0.1) is 0 Å². The van der Waals surface area contributed by atoms with E-state index >= 15 is 0 Å². The van der Waals surface area contributed by atoms with Crippen molar-refractivity contribution >= 4 is 11.6 Å². The first-order valence-corrected chi connectivity index (χ1v) is 7.01. The van der Waals surface area contributed by atoms with Crippen LogP contribution in [0.1, 0.15) is 37.1 Å². The number of hydrogen-bond acceptors (Lipinski definition) is 3. The SMILES string of the molecule is Cc1nn(C)c(CC2(O)CC3CCC(C2)N3)c1Cl. The van der Waals surface area contributed by atoms with Crippen molar-refractivity contribution in [2.75, 3.05) is 0 Å². The highest BCUT2D eigenvalue weighted by Crippen LogP contribution is 2.37. The lowest BCUT2D eigenvalue weighted by molar-refractivity contribution is -0.00753. The molecule has 2 fully saturated rings. The number of aliphatic hydroxyl groups is 1. The molecule has 4 nitrogen and oxygen atoms in total. The molecule has 2 unspecified atom stereocenters. The van der Waals surface area contributed by atoms with Crippen LogP contribution >= 0.6 is 11.6 Å². The third-order valence-electron chi connectivity index (χ3n) is 4.35. The molecular formula is C13H20ClN3O. The summed E-state index contributed by atoms with van der Waals surface area (Å²) in [7, 11) is 1.90. The van der Waals surface area contributed by atoms with Gasteiger partial charge in [0.05, 0.1) is 22.0 Å². The van der Waals surface area contributed by atoms with Crippen molar-refractivity contribution in [3.8, 4) is 0 Å². The molecule has 2 aliphatic rings. The van der Waals surface area contributed by atoms with Gasteiger partial charge in [0.2, 0.25) is 0 Å². The number of fused-ring (bicyclic) bond motifs is 2. The van der Waals surface area contributed by atoms with Gasteiger partial charge < -0.3 is 10.4 Å². The topological polar surface area (TPSA) is 50.1 Å². The van der Waals surface area contributed by atoms with Crippen LogP contribution in [0.3, 0.4) is 0 Å². The minimum Gasteiger partial charge on any atom is -0.389 e. The molecule has 1 aromatic heterocycles. The Morgan fingerprint density at radius 1 is 1.44 bits per heavy atom. The third-order valence-corrected chi connectivity index (χ3v) is 4.84. The normalized spacial score (nSPS) is 35.1. The molecule has 2 saturated heterocycles. The van der Waals surface area contributed by atoms with Gasteiger partial charge in [-0.2, -0.15) is 5.10 Å². The fourth-order valence-electron chi connectivity index (χ4n) is 3.55. The summed E-state index contributed by atoms with van der Waals surface area (Å²) < 4.78 is 1.81. The Morgan fingerprint density at radius 2 is 2.06 bits per heavy atom. The standard InChI is InChI=1S/C13H20ClN3O/c1-8-12(14)11(17(2)16-8)7-13(18)5-9-3-4-10(6-13)15-9/h9-10,15,18H,3-7H2,1-2H3. The first-order valence-electron chi connectivity index (χ1n) is 6.63. The maximum Gasteiger partial charge on any atom is 0.0848 e. The summed E-state index contributed by atoms with van der Waals surface area (Å²) in [5.74, 6) is 0. The van der Waals surface area contributed by atoms with E-state index in [-0.39, 0.29) is 0 Å². The van der Waals surface area contributed by atoms with Crippen molar-refractivity contribution in [3.63, 3.8) is 0 Å². The van der Waals surface area contributed by atoms with Crippen molar-refractivity contribution in [3.05, 3.63) is 16.4 Å². The Bertz CT molecular complexity index is 459. The molecule has 2 aliphatic heterocycles. The molecule has 0 amide bonds. The highest BCUT2D eigenvalue weighted by molar-refractivity contribution is 6.31. The fraction of sp³-hybridized carbons (Fsp3) is 0.769. The molecule has 18 heavy (non-hydrogen) atoms. The van der Waals surface area contributed by atoms with Crippen LogP contribution < -0.4 is 5.32 Å². The van der Waals surface area contributed by atoms with E-state index in [0.717, 1.165) is 24.2 Å². The summed E-state index contributed by atoms with van der Waals surface area (Å²) in [6.45, 7) is 1.90. The molecule has 0 aliphatic carbocycles. The van der Waals surface area contributed by atoms with Gasteiger partial charge in [-0.25, -0.2) is 0 Å². The molecule has 0 saturated carbocycles. The average Bonchev–Trinajstić information content (AvgIpc) is 2.74. The molecular weight excluding hydrogens is 250 g/mol. The van der Waals surface area contributed by atoms with Gasteiger partial charge in [0.1, 0.15) is 0 Å². The van der Waals surface area contributed by atoms with E-state index in [1.165, 1.54) is 12.8 Å². The lowest BCUT2D eigenvalue weighted by atomic mass is 9.83. The van der Waals surface area contributed by atoms with Gasteiger partial charge in [-0.05, 0) is 32.6 Å². The molecule has 2 N–H and O–H groups in total. The van der Waals surface area contributed by atoms with Crippen molar-refractivity contribution in [2.45, 2.75) is 56.7 Å². The van der Waals surface area contributed by atoms with Crippen LogP contribution in [0.4, 0.5) is 0 Å². The number of aromatic nitrogens is 2. The van der Waals surface area contributed by atoms with Gasteiger partial charge in [-0.1, -0.05) is 11.6 Å². The average molecular weight is 270 g/mol. The van der Waals surface area contributed by atoms with E-state index < -0.39 is 5.60 Å². The van der Waals surface area contributed by atoms with Crippen LogP contribution in [0.2, 0.25) is 5.02 Å². The third kappa shape index (κ3) is 2.06. The lowest BCUT2D eigenvalue weighted by Crippen LogP contribution is -2.49. The highest BCUT2D eigenvalue weighted by atomic mass is 35.5. The Balaban J connectivity index is 1.83. The minimum atomic E-state index is -0.624. The van der Waals surface area contributed by atoms with Crippen molar-refractivity contribution < 1.29 is 5.11 Å². The van der Waals surface area contributed by atoms with E-state index in [2.05, 4.69) is 10.4 Å². The lowest BCUT2D eigenvalue weighted by Gasteiger charge is -2.37. The van der Waals surface area contributed by atoms with Crippen molar-refractivity contribution in [1.29, 1.82) is 0 Å². The molecule has 2 bridgehead atoms. The van der Waals surface area contributed by atoms with Gasteiger partial charge in [0, 0.05) is 25.6 Å². The summed E-state index contributed by atoms with van der Waals surface area (Å²) in [5.41, 5.74) is 1.17. The molecule has 5 heteroatoms. The summed E-state index contributed by atoms with van der Waals surface area (Å²) in [5, 5.41) is 19.4. The number of halogens is 1. The summed E-state index contributed by atoms with van der Waals surface area (Å²) in [4.78, 5) is 0. The van der Waals surface area contributed by atoms with E-state index in [4.69, 9.17) is 11.6 Å². The summed E-state index contributed by atoms with van der Waals surface area (Å²) in [6.07, 6.45) is 4.63. The number of nitrogens with one attached hydrogen (secondary N) is 1. The van der Waals surface area contributed by atoms with E-state index in [1.54, 1.807) is 4.68 Å². The smallest absolute Gasteiger partial charge is 0.0848 e. The second-order valence-corrected chi connectivity index (χ2v) is 6.29. The number of nitrogens with zero attached hydrogens (tertiary/aromatic N) is 2. The number of piperidine rings is 1. The van der Waals surface area contributed by atoms with Crippen LogP contribution in [0.25, 0.3) is 0 Å². The summed E-state index contributed by atoms with van der Waals surface area (Å²) >= 11 is 6.27. The van der Waals surface area contributed by atoms with Gasteiger partial charge in [-0.3, -0.25) is 4.68 Å². The van der Waals surface area contributed by atoms with E-state index in [1.807, 2.05) is 14.0 Å². The first kappa shape index (κ1) is 12.5. The van der Waals surface area contributed by atoms with Crippen molar-refractivity contribution in [1.82, 2.24) is 15.1 Å². The molecule has 0 radical (unpaired) electrons. The monoisotopic (exact) mass is 269 g/mol. The Labute approximate surface area is 112 Å². The molecule has 2 atom stereocenters. The Morgan fingerprint density at radius 3 is 2.56 bits per heavy atom. The predicted molar refractivity (Wildman–Crippen MR) is 70.8 cm³/mol. The minimum absolute atomic E-state index is 0.474. The molecule has 0 spiro atoms. The first-order chi connectivity index (χ1) is 8.47. The molecule has 100 valence electrons. The zero-order valence-electron chi connectivity index (χ0n) is 10.9. The molecule has 3 rings (SSSR count). The second-order valence-electron chi connectivity index (χ2n) is 5.92. The van der Waals surface area contributed by atoms with Crippen LogP contribution in [0, 0.1) is 6.92 Å². The highest BCUT2D eigenvalue weighted by Gasteiger charge is 2.43. The van der Waals surface area contributed by atoms with Gasteiger partial charge in [0.15, 0.2) is 0 Å². The Hall–Kier alpha value is -0.580. The van der Waals surface area contributed by atoms with Gasteiger partial charge >= 0.3 is 0 Å². The van der Waals surface area contributed by atoms with Gasteiger partial charge in [0.25, 0.3) is 0 Å². The van der Waals surface area contributed by atoms with E-state index in [9.17, 15) is 5.11 Å². The van der Waals surface area contributed by atoms with E-state index in [0.29, 0.717) is 23.5 Å². The van der Waals surface area contributed by atoms with Crippen LogP contribution in [0.15, 0.2) is 0 Å². The quantitative estimate of drug-likeness (QED) is 0.857. The molecule has 3 heterocycles. The van der Waals surface area contributed by atoms with Crippen molar-refractivity contribution in [2.24, 2.45) is 7.05 Å². The maximum atomic E-state index is 10.8. The van der Waals surface area contributed by atoms with Crippen LogP contribution in [-0.4, -0.2) is 32.6 Å². The number of hydrogen-bond donors (Lipinski definition) is 2. The van der Waals surface area contributed by atoms with Crippen LogP contribution in [0.5, 0.6) is 0 Å². The van der Waals surface area contributed by atoms with Crippen LogP contribution in [-0.2, 0) is 13.5 Å². The molecule has 0 aromatic carbocycles. The zero-order chi connectivity index (χ0) is 12.9. The number of rotatable bonds is 2. The maximum absolute atomic E-state index is 10.8. The second kappa shape index (κ2) is 4.22.